The van der Waals surface area contributed by atoms with Gasteiger partial charge in [0, 0.05) is 50.4 Å². The summed E-state index contributed by atoms with van der Waals surface area (Å²) in [7, 11) is -3.57. The number of nitrogens with zero attached hydrogens (tertiary/aromatic N) is 4. The van der Waals surface area contributed by atoms with Gasteiger partial charge < -0.3 is 5.11 Å². The second kappa shape index (κ2) is 7.11. The minimum atomic E-state index is -3.57. The Bertz CT molecular complexity index is 653. The third-order valence-electron chi connectivity index (χ3n) is 4.30. The van der Waals surface area contributed by atoms with Crippen LogP contribution in [0.3, 0.4) is 0 Å². The van der Waals surface area contributed by atoms with Crippen molar-refractivity contribution in [2.75, 3.05) is 39.3 Å². The standard InChI is InChI=1S/C16H30N4O3S/c1-13(2)20-12-14(15(17-20)16(3,4)5)24(22,23)19-8-6-18(7-9-19)10-11-21/h12-13,21H,6-11H2,1-5H3. The SMILES string of the molecule is CC(C)n1cc(S(=O)(=O)N2CCN(CCO)CC2)c(C(C)(C)C)n1. The van der Waals surface area contributed by atoms with E-state index in [2.05, 4.69) is 10.00 Å². The lowest BCUT2D eigenvalue weighted by Gasteiger charge is -2.33. The van der Waals surface area contributed by atoms with Gasteiger partial charge in [0.2, 0.25) is 10.0 Å². The fourth-order valence-corrected chi connectivity index (χ4v) is 4.58. The summed E-state index contributed by atoms with van der Waals surface area (Å²) < 4.78 is 29.6. The molecule has 0 atom stereocenters. The predicted molar refractivity (Wildman–Crippen MR) is 93.6 cm³/mol. The number of aromatic nitrogens is 2. The molecule has 138 valence electrons. The fourth-order valence-electron chi connectivity index (χ4n) is 2.82. The Labute approximate surface area is 145 Å². The van der Waals surface area contributed by atoms with Crippen LogP contribution in [0.2, 0.25) is 0 Å². The first-order valence-electron chi connectivity index (χ1n) is 8.50. The van der Waals surface area contributed by atoms with Crippen molar-refractivity contribution < 1.29 is 13.5 Å². The van der Waals surface area contributed by atoms with E-state index in [1.165, 1.54) is 4.31 Å². The Hall–Kier alpha value is -0.960. The van der Waals surface area contributed by atoms with E-state index < -0.39 is 10.0 Å². The molecule has 2 heterocycles. The Morgan fingerprint density at radius 1 is 1.21 bits per heavy atom. The largest absolute Gasteiger partial charge is 0.395 e. The van der Waals surface area contributed by atoms with Gasteiger partial charge in [-0.05, 0) is 13.8 Å². The van der Waals surface area contributed by atoms with Gasteiger partial charge in [-0.1, -0.05) is 20.8 Å². The first kappa shape index (κ1) is 19.4. The number of aliphatic hydroxyl groups excluding tert-OH is 1. The van der Waals surface area contributed by atoms with Crippen LogP contribution in [-0.2, 0) is 15.4 Å². The van der Waals surface area contributed by atoms with E-state index in [-0.39, 0.29) is 18.1 Å². The molecule has 1 saturated heterocycles. The van der Waals surface area contributed by atoms with Gasteiger partial charge in [-0.2, -0.15) is 9.40 Å². The summed E-state index contributed by atoms with van der Waals surface area (Å²) in [6.45, 7) is 12.8. The third kappa shape index (κ3) is 3.99. The predicted octanol–water partition coefficient (Wildman–Crippen LogP) is 1.06. The molecule has 0 aliphatic carbocycles. The van der Waals surface area contributed by atoms with Crippen LogP contribution in [0.5, 0.6) is 0 Å². The van der Waals surface area contributed by atoms with E-state index in [0.717, 1.165) is 0 Å². The highest BCUT2D eigenvalue weighted by atomic mass is 32.2. The molecule has 0 bridgehead atoms. The molecule has 0 aromatic carbocycles. The Kier molecular flexibility index (Phi) is 5.74. The van der Waals surface area contributed by atoms with E-state index in [1.807, 2.05) is 34.6 Å². The summed E-state index contributed by atoms with van der Waals surface area (Å²) in [4.78, 5) is 2.40. The molecule has 0 radical (unpaired) electrons. The van der Waals surface area contributed by atoms with Crippen molar-refractivity contribution in [1.82, 2.24) is 19.0 Å². The maximum atomic E-state index is 13.2. The van der Waals surface area contributed by atoms with Crippen LogP contribution in [0, 0.1) is 0 Å². The van der Waals surface area contributed by atoms with Crippen molar-refractivity contribution in [2.24, 2.45) is 0 Å². The van der Waals surface area contributed by atoms with Gasteiger partial charge in [0.05, 0.1) is 12.3 Å². The normalized spacial score (nSPS) is 18.5. The minimum Gasteiger partial charge on any atom is -0.395 e. The Balaban J connectivity index is 2.33. The molecule has 1 aromatic rings. The van der Waals surface area contributed by atoms with Crippen molar-refractivity contribution in [2.45, 2.75) is 51.0 Å². The first-order valence-corrected chi connectivity index (χ1v) is 9.94. The number of piperazine rings is 1. The number of sulfonamides is 1. The summed E-state index contributed by atoms with van der Waals surface area (Å²) in [6, 6.07) is 0.108. The lowest BCUT2D eigenvalue weighted by molar-refractivity contribution is 0.151. The highest BCUT2D eigenvalue weighted by Gasteiger charge is 2.35. The van der Waals surface area contributed by atoms with Crippen LogP contribution in [0.15, 0.2) is 11.1 Å². The van der Waals surface area contributed by atoms with E-state index in [9.17, 15) is 8.42 Å². The van der Waals surface area contributed by atoms with Crippen molar-refractivity contribution in [3.8, 4) is 0 Å². The zero-order valence-corrected chi connectivity index (χ0v) is 16.2. The summed E-state index contributed by atoms with van der Waals surface area (Å²) in [5, 5.41) is 13.6. The zero-order chi connectivity index (χ0) is 18.1. The molecule has 8 heteroatoms. The first-order chi connectivity index (χ1) is 11.1. The maximum absolute atomic E-state index is 13.2. The summed E-state index contributed by atoms with van der Waals surface area (Å²) in [5.41, 5.74) is 0.273. The van der Waals surface area contributed by atoms with Crippen LogP contribution in [0.1, 0.15) is 46.4 Å². The molecule has 1 N–H and O–H groups in total. The zero-order valence-electron chi connectivity index (χ0n) is 15.4. The van der Waals surface area contributed by atoms with Crippen LogP contribution in [-0.4, -0.2) is 71.8 Å². The minimum absolute atomic E-state index is 0.0993. The molecule has 1 aliphatic heterocycles. The molecule has 0 spiro atoms. The molecule has 2 rings (SSSR count). The summed E-state index contributed by atoms with van der Waals surface area (Å²) in [6.07, 6.45) is 1.67. The van der Waals surface area contributed by atoms with E-state index in [1.54, 1.807) is 10.9 Å². The third-order valence-corrected chi connectivity index (χ3v) is 6.20. The van der Waals surface area contributed by atoms with E-state index >= 15 is 0 Å². The van der Waals surface area contributed by atoms with Gasteiger partial charge in [0.15, 0.2) is 0 Å². The molecule has 0 amide bonds. The van der Waals surface area contributed by atoms with Crippen molar-refractivity contribution >= 4 is 10.0 Å². The monoisotopic (exact) mass is 358 g/mol. The number of β-amino-alcohol motifs (C(OH)–C–C–N with tert-alkyl or cyclic N) is 1. The molecule has 0 unspecified atom stereocenters. The lowest BCUT2D eigenvalue weighted by Crippen LogP contribution is -2.49. The van der Waals surface area contributed by atoms with Gasteiger partial charge >= 0.3 is 0 Å². The molecule has 0 saturated carbocycles. The molecule has 1 fully saturated rings. The van der Waals surface area contributed by atoms with Crippen LogP contribution >= 0.6 is 0 Å². The van der Waals surface area contributed by atoms with Gasteiger partial charge in [-0.3, -0.25) is 9.58 Å². The Morgan fingerprint density at radius 2 is 1.79 bits per heavy atom. The average molecular weight is 359 g/mol. The smallest absolute Gasteiger partial charge is 0.246 e. The second-order valence-electron chi connectivity index (χ2n) is 7.64. The van der Waals surface area contributed by atoms with E-state index in [0.29, 0.717) is 43.3 Å². The van der Waals surface area contributed by atoms with Gasteiger partial charge in [-0.15, -0.1) is 0 Å². The summed E-state index contributed by atoms with van der Waals surface area (Å²) in [5.74, 6) is 0. The number of rotatable bonds is 5. The number of aliphatic hydroxyl groups is 1. The fraction of sp³-hybridized carbons (Fsp3) is 0.812. The maximum Gasteiger partial charge on any atom is 0.246 e. The Morgan fingerprint density at radius 3 is 2.25 bits per heavy atom. The second-order valence-corrected chi connectivity index (χ2v) is 9.54. The van der Waals surface area contributed by atoms with Gasteiger partial charge in [0.25, 0.3) is 0 Å². The average Bonchev–Trinajstić information content (AvgIpc) is 2.94. The molecule has 1 aromatic heterocycles. The number of hydrogen-bond donors (Lipinski definition) is 1. The summed E-state index contributed by atoms with van der Waals surface area (Å²) >= 11 is 0. The highest BCUT2D eigenvalue weighted by molar-refractivity contribution is 7.89. The molecular formula is C16H30N4O3S. The number of hydrogen-bond acceptors (Lipinski definition) is 5. The molecule has 1 aliphatic rings. The topological polar surface area (TPSA) is 78.7 Å². The molecule has 24 heavy (non-hydrogen) atoms. The van der Waals surface area contributed by atoms with Gasteiger partial charge in [-0.25, -0.2) is 8.42 Å². The van der Waals surface area contributed by atoms with E-state index in [4.69, 9.17) is 5.11 Å². The van der Waals surface area contributed by atoms with Gasteiger partial charge in [0.1, 0.15) is 4.90 Å². The molecule has 7 nitrogen and oxygen atoms in total. The van der Waals surface area contributed by atoms with Crippen LogP contribution < -0.4 is 0 Å². The van der Waals surface area contributed by atoms with Crippen molar-refractivity contribution in [1.29, 1.82) is 0 Å². The van der Waals surface area contributed by atoms with Crippen molar-refractivity contribution in [3.63, 3.8) is 0 Å². The van der Waals surface area contributed by atoms with Crippen LogP contribution in [0.4, 0.5) is 0 Å². The lowest BCUT2D eigenvalue weighted by atomic mass is 9.92. The quantitative estimate of drug-likeness (QED) is 0.851. The van der Waals surface area contributed by atoms with Crippen molar-refractivity contribution in [3.05, 3.63) is 11.9 Å². The molecular weight excluding hydrogens is 328 g/mol. The highest BCUT2D eigenvalue weighted by Crippen LogP contribution is 2.30. The van der Waals surface area contributed by atoms with Crippen LogP contribution in [0.25, 0.3) is 0 Å².